The lowest BCUT2D eigenvalue weighted by Gasteiger charge is -2.23. The van der Waals surface area contributed by atoms with Crippen LogP contribution in [0.15, 0.2) is 12.1 Å². The minimum Gasteiger partial charge on any atom is -0.494 e. The highest BCUT2D eigenvalue weighted by atomic mass is 32.2. The molecule has 116 valence electrons. The summed E-state index contributed by atoms with van der Waals surface area (Å²) in [7, 11) is -1.94. The first-order valence-electron chi connectivity index (χ1n) is 6.25. The first-order valence-corrected chi connectivity index (χ1v) is 8.15. The molecular formula is C13H18FN3O3S. The van der Waals surface area contributed by atoms with Crippen LogP contribution in [0.1, 0.15) is 13.8 Å². The highest BCUT2D eigenvalue weighted by molar-refractivity contribution is 7.92. The summed E-state index contributed by atoms with van der Waals surface area (Å²) in [5, 5.41) is 0. The Kier molecular flexibility index (Phi) is 3.61. The fourth-order valence-electron chi connectivity index (χ4n) is 1.97. The van der Waals surface area contributed by atoms with E-state index in [4.69, 9.17) is 10.5 Å². The average molecular weight is 315 g/mol. The normalized spacial score (nSPS) is 12.8. The van der Waals surface area contributed by atoms with Gasteiger partial charge in [0.1, 0.15) is 0 Å². The largest absolute Gasteiger partial charge is 0.494 e. The molecule has 1 aromatic heterocycles. The molecule has 0 fully saturated rings. The molecule has 1 heterocycles. The molecule has 0 saturated heterocycles. The summed E-state index contributed by atoms with van der Waals surface area (Å²) in [5.74, 6) is -0.354. The van der Waals surface area contributed by atoms with Crippen LogP contribution in [0.3, 0.4) is 0 Å². The van der Waals surface area contributed by atoms with Gasteiger partial charge in [0, 0.05) is 24.9 Å². The number of aromatic nitrogens is 2. The molecule has 0 aliphatic carbocycles. The van der Waals surface area contributed by atoms with E-state index >= 15 is 0 Å². The van der Waals surface area contributed by atoms with Gasteiger partial charge in [0.15, 0.2) is 21.4 Å². The van der Waals surface area contributed by atoms with Crippen molar-refractivity contribution in [2.24, 2.45) is 0 Å². The Morgan fingerprint density at radius 3 is 2.57 bits per heavy atom. The van der Waals surface area contributed by atoms with E-state index in [0.717, 1.165) is 0 Å². The van der Waals surface area contributed by atoms with Crippen molar-refractivity contribution in [3.63, 3.8) is 0 Å². The first-order chi connectivity index (χ1) is 9.56. The fourth-order valence-corrected chi connectivity index (χ4v) is 2.33. The lowest BCUT2D eigenvalue weighted by Crippen LogP contribution is -2.36. The zero-order valence-electron chi connectivity index (χ0n) is 12.3. The molecule has 0 bridgehead atoms. The van der Waals surface area contributed by atoms with E-state index in [0.29, 0.717) is 11.0 Å². The van der Waals surface area contributed by atoms with E-state index in [9.17, 15) is 12.8 Å². The maximum absolute atomic E-state index is 13.7. The van der Waals surface area contributed by atoms with Gasteiger partial charge in [-0.05, 0) is 13.8 Å². The third-order valence-corrected chi connectivity index (χ3v) is 5.73. The van der Waals surface area contributed by atoms with Crippen LogP contribution in [0.2, 0.25) is 0 Å². The van der Waals surface area contributed by atoms with Crippen LogP contribution in [0.25, 0.3) is 11.0 Å². The topological polar surface area (TPSA) is 87.2 Å². The van der Waals surface area contributed by atoms with Crippen molar-refractivity contribution in [3.8, 4) is 5.75 Å². The molecule has 1 aromatic carbocycles. The Bertz CT molecular complexity index is 797. The number of hydrogen-bond acceptors (Lipinski definition) is 5. The van der Waals surface area contributed by atoms with Gasteiger partial charge in [-0.2, -0.15) is 0 Å². The van der Waals surface area contributed by atoms with E-state index in [2.05, 4.69) is 4.98 Å². The average Bonchev–Trinajstić information content (AvgIpc) is 2.62. The predicted molar refractivity (Wildman–Crippen MR) is 79.6 cm³/mol. The van der Waals surface area contributed by atoms with Crippen LogP contribution in [-0.4, -0.2) is 36.1 Å². The number of methoxy groups -OCH3 is 1. The summed E-state index contributed by atoms with van der Waals surface area (Å²) in [4.78, 5) is 4.07. The second-order valence-corrected chi connectivity index (χ2v) is 8.21. The summed E-state index contributed by atoms with van der Waals surface area (Å²) in [6.07, 6.45) is 1.17. The number of sulfone groups is 1. The van der Waals surface area contributed by atoms with Gasteiger partial charge in [-0.15, -0.1) is 0 Å². The highest BCUT2D eigenvalue weighted by Gasteiger charge is 2.32. The molecule has 0 atom stereocenters. The standard InChI is InChI=1S/C13H18FN3O3S/c1-13(2,21(4,18)19)7-17-10-6-11(20-3)8(14)5-9(10)16-12(17)15/h5-6H,7H2,1-4H3,(H2,15,16). The van der Waals surface area contributed by atoms with Gasteiger partial charge in [0.05, 0.1) is 22.9 Å². The number of benzene rings is 1. The lowest BCUT2D eigenvalue weighted by molar-refractivity contribution is 0.387. The van der Waals surface area contributed by atoms with Gasteiger partial charge >= 0.3 is 0 Å². The number of nitrogen functional groups attached to an aromatic ring is 1. The number of nitrogens with zero attached hydrogens (tertiary/aromatic N) is 2. The van der Waals surface area contributed by atoms with E-state index in [1.165, 1.54) is 25.5 Å². The lowest BCUT2D eigenvalue weighted by atomic mass is 10.2. The van der Waals surface area contributed by atoms with Gasteiger partial charge in [-0.1, -0.05) is 0 Å². The number of fused-ring (bicyclic) bond motifs is 1. The molecule has 0 saturated carbocycles. The zero-order valence-corrected chi connectivity index (χ0v) is 13.2. The van der Waals surface area contributed by atoms with E-state index in [-0.39, 0.29) is 18.2 Å². The van der Waals surface area contributed by atoms with Crippen molar-refractivity contribution < 1.29 is 17.5 Å². The Hall–Kier alpha value is -1.83. The predicted octanol–water partition coefficient (Wildman–Crippen LogP) is 1.59. The quantitative estimate of drug-likeness (QED) is 0.925. The number of hydrogen-bond donors (Lipinski definition) is 1. The molecular weight excluding hydrogens is 297 g/mol. The van der Waals surface area contributed by atoms with Gasteiger partial charge in [0.2, 0.25) is 5.95 Å². The van der Waals surface area contributed by atoms with Crippen molar-refractivity contribution in [2.45, 2.75) is 25.1 Å². The van der Waals surface area contributed by atoms with Gasteiger partial charge in [-0.25, -0.2) is 17.8 Å². The molecule has 0 unspecified atom stereocenters. The van der Waals surface area contributed by atoms with Crippen molar-refractivity contribution >= 4 is 26.8 Å². The molecule has 0 aliphatic rings. The second kappa shape index (κ2) is 4.87. The molecule has 21 heavy (non-hydrogen) atoms. The maximum atomic E-state index is 13.7. The molecule has 0 amide bonds. The Labute approximate surface area is 122 Å². The maximum Gasteiger partial charge on any atom is 0.201 e. The molecule has 2 rings (SSSR count). The van der Waals surface area contributed by atoms with Gasteiger partial charge < -0.3 is 15.0 Å². The summed E-state index contributed by atoms with van der Waals surface area (Å²) in [6, 6.07) is 2.68. The number of anilines is 1. The number of rotatable bonds is 4. The van der Waals surface area contributed by atoms with Crippen molar-refractivity contribution in [3.05, 3.63) is 17.9 Å². The molecule has 8 heteroatoms. The molecule has 0 aliphatic heterocycles. The van der Waals surface area contributed by atoms with Crippen LogP contribution in [0.5, 0.6) is 5.75 Å². The van der Waals surface area contributed by atoms with Crippen LogP contribution in [0, 0.1) is 5.82 Å². The minimum atomic E-state index is -3.30. The van der Waals surface area contributed by atoms with Crippen LogP contribution in [0.4, 0.5) is 10.3 Å². The number of imidazole rings is 1. The third-order valence-electron chi connectivity index (χ3n) is 3.59. The Morgan fingerprint density at radius 2 is 2.05 bits per heavy atom. The van der Waals surface area contributed by atoms with Crippen LogP contribution >= 0.6 is 0 Å². The number of nitrogens with two attached hydrogens (primary N) is 1. The first kappa shape index (κ1) is 15.6. The van der Waals surface area contributed by atoms with E-state index < -0.39 is 20.4 Å². The van der Waals surface area contributed by atoms with Gasteiger partial charge in [0.25, 0.3) is 0 Å². The Morgan fingerprint density at radius 1 is 1.43 bits per heavy atom. The molecule has 2 N–H and O–H groups in total. The van der Waals surface area contributed by atoms with E-state index in [1.54, 1.807) is 18.4 Å². The fraction of sp³-hybridized carbons (Fsp3) is 0.462. The smallest absolute Gasteiger partial charge is 0.201 e. The molecule has 0 spiro atoms. The summed E-state index contributed by atoms with van der Waals surface area (Å²) in [5.41, 5.74) is 6.73. The Balaban J connectivity index is 2.62. The number of ether oxygens (including phenoxy) is 1. The highest BCUT2D eigenvalue weighted by Crippen LogP contribution is 2.29. The molecule has 2 aromatic rings. The van der Waals surface area contributed by atoms with Crippen LogP contribution < -0.4 is 10.5 Å². The summed E-state index contributed by atoms with van der Waals surface area (Å²) in [6.45, 7) is 3.33. The van der Waals surface area contributed by atoms with Gasteiger partial charge in [-0.3, -0.25) is 0 Å². The van der Waals surface area contributed by atoms with Crippen molar-refractivity contribution in [1.29, 1.82) is 0 Å². The number of halogens is 1. The second-order valence-electron chi connectivity index (χ2n) is 5.56. The SMILES string of the molecule is COc1cc2c(cc1F)nc(N)n2CC(C)(C)S(C)(=O)=O. The molecule has 0 radical (unpaired) electrons. The minimum absolute atomic E-state index is 0.0563. The van der Waals surface area contributed by atoms with E-state index in [1.807, 2.05) is 0 Å². The van der Waals surface area contributed by atoms with Crippen molar-refractivity contribution in [2.75, 3.05) is 19.1 Å². The van der Waals surface area contributed by atoms with Crippen LogP contribution in [-0.2, 0) is 16.4 Å². The zero-order chi connectivity index (χ0) is 16.0. The van der Waals surface area contributed by atoms with Crippen molar-refractivity contribution in [1.82, 2.24) is 9.55 Å². The monoisotopic (exact) mass is 315 g/mol. The summed E-state index contributed by atoms with van der Waals surface area (Å²) >= 11 is 0. The summed E-state index contributed by atoms with van der Waals surface area (Å²) < 4.78 is 42.8. The molecule has 6 nitrogen and oxygen atoms in total. The third kappa shape index (κ3) is 2.67.